The van der Waals surface area contributed by atoms with Gasteiger partial charge in [-0.25, -0.2) is 0 Å². The molecule has 4 radical (unpaired) electrons. The molecular formula is C4H12GeSi. The topological polar surface area (TPSA) is 0 Å². The Morgan fingerprint density at radius 2 is 0.833 bits per heavy atom. The zero-order valence-corrected chi connectivity index (χ0v) is 8.10. The Balaban J connectivity index is 0. The zero-order chi connectivity index (χ0) is 4.50. The van der Waals surface area contributed by atoms with Crippen molar-refractivity contribution in [1.29, 1.82) is 0 Å². The largest absolute Gasteiger partial charge is 0.0697 e. The van der Waals surface area contributed by atoms with Crippen molar-refractivity contribution >= 4 is 25.7 Å². The molecule has 0 aromatic carbocycles. The molecule has 0 nitrogen and oxygen atoms in total. The maximum atomic E-state index is 2.33. The molecule has 0 saturated carbocycles. The van der Waals surface area contributed by atoms with Crippen molar-refractivity contribution in [2.45, 2.75) is 26.2 Å². The first-order valence-corrected chi connectivity index (χ1v) is 6.00. The Hall–Kier alpha value is 0.760. The van der Waals surface area contributed by atoms with Gasteiger partial charge in [0.05, 0.1) is 0 Å². The molecule has 6 heavy (non-hydrogen) atoms. The number of rotatable bonds is 0. The Labute approximate surface area is 52.3 Å². The van der Waals surface area contributed by atoms with Crippen LogP contribution in [0.15, 0.2) is 0 Å². The van der Waals surface area contributed by atoms with Crippen LogP contribution in [0.1, 0.15) is 0 Å². The molecule has 0 saturated heterocycles. The van der Waals surface area contributed by atoms with Crippen LogP contribution in [0.2, 0.25) is 26.2 Å². The second kappa shape index (κ2) is 2.86. The van der Waals surface area contributed by atoms with Gasteiger partial charge in [0.2, 0.25) is 0 Å². The fourth-order valence-electron chi connectivity index (χ4n) is 0. The summed E-state index contributed by atoms with van der Waals surface area (Å²) < 4.78 is 0. The van der Waals surface area contributed by atoms with Crippen LogP contribution < -0.4 is 0 Å². The molecule has 0 N–H and O–H groups in total. The van der Waals surface area contributed by atoms with Crippen molar-refractivity contribution in [1.82, 2.24) is 0 Å². The molecule has 0 aliphatic carbocycles. The van der Waals surface area contributed by atoms with Crippen LogP contribution in [0.3, 0.4) is 0 Å². The van der Waals surface area contributed by atoms with E-state index in [0.717, 1.165) is 0 Å². The van der Waals surface area contributed by atoms with E-state index < -0.39 is 8.07 Å². The van der Waals surface area contributed by atoms with E-state index in [1.54, 1.807) is 0 Å². The first-order valence-electron chi connectivity index (χ1n) is 2.00. The summed E-state index contributed by atoms with van der Waals surface area (Å²) in [5.41, 5.74) is 0. The van der Waals surface area contributed by atoms with Crippen LogP contribution in [-0.2, 0) is 0 Å². The zero-order valence-electron chi connectivity index (χ0n) is 5.00. The van der Waals surface area contributed by atoms with E-state index in [0.29, 0.717) is 0 Å². The van der Waals surface area contributed by atoms with Crippen molar-refractivity contribution in [2.75, 3.05) is 0 Å². The number of hydrogen-bond donors (Lipinski definition) is 0. The third-order valence-corrected chi connectivity index (χ3v) is 0. The first kappa shape index (κ1) is 9.90. The molecule has 0 spiro atoms. The molecule has 0 bridgehead atoms. The van der Waals surface area contributed by atoms with E-state index in [1.165, 1.54) is 0 Å². The smallest absolute Gasteiger partial charge is 0.0411 e. The molecule has 0 atom stereocenters. The van der Waals surface area contributed by atoms with Crippen LogP contribution in [0.4, 0.5) is 0 Å². The second-order valence-electron chi connectivity index (χ2n) is 3.00. The molecule has 2 heteroatoms. The quantitative estimate of drug-likeness (QED) is 0.473. The van der Waals surface area contributed by atoms with Gasteiger partial charge in [-0.05, 0) is 0 Å². The fourth-order valence-corrected chi connectivity index (χ4v) is 0. The van der Waals surface area contributed by atoms with Crippen molar-refractivity contribution in [3.63, 3.8) is 0 Å². The normalized spacial score (nSPS) is 10.0. The predicted molar refractivity (Wildman–Crippen MR) is 35.0 cm³/mol. The average Bonchev–Trinajstić information content (AvgIpc) is 0.722. The molecular weight excluding hydrogens is 149 g/mol. The molecule has 0 aromatic heterocycles. The Kier molecular flexibility index (Phi) is 4.71. The Bertz CT molecular complexity index is 23.0. The standard InChI is InChI=1S/C4H12Si.Ge/c1-5(2,3)4;/h1-4H3;. The molecule has 0 heterocycles. The summed E-state index contributed by atoms with van der Waals surface area (Å²) in [6.45, 7) is 9.31. The van der Waals surface area contributed by atoms with E-state index in [4.69, 9.17) is 0 Å². The van der Waals surface area contributed by atoms with Crippen molar-refractivity contribution in [3.8, 4) is 0 Å². The van der Waals surface area contributed by atoms with Gasteiger partial charge >= 0.3 is 0 Å². The molecule has 0 rings (SSSR count). The van der Waals surface area contributed by atoms with Gasteiger partial charge in [0, 0.05) is 25.7 Å². The molecule has 0 aromatic rings. The van der Waals surface area contributed by atoms with Crippen LogP contribution in [0, 0.1) is 0 Å². The minimum atomic E-state index is -0.611. The minimum Gasteiger partial charge on any atom is -0.0697 e. The fraction of sp³-hybridized carbons (Fsp3) is 1.00. The van der Waals surface area contributed by atoms with Crippen molar-refractivity contribution in [3.05, 3.63) is 0 Å². The van der Waals surface area contributed by atoms with E-state index in [9.17, 15) is 0 Å². The Morgan fingerprint density at radius 1 is 0.833 bits per heavy atom. The van der Waals surface area contributed by atoms with E-state index >= 15 is 0 Å². The maximum Gasteiger partial charge on any atom is 0.0411 e. The van der Waals surface area contributed by atoms with Gasteiger partial charge in [0.15, 0.2) is 0 Å². The summed E-state index contributed by atoms with van der Waals surface area (Å²) in [7, 11) is -0.611. The SMILES string of the molecule is C[Si](C)(C)C.[Ge]. The predicted octanol–water partition coefficient (Wildman–Crippen LogP) is 1.57. The van der Waals surface area contributed by atoms with E-state index in [2.05, 4.69) is 26.2 Å². The molecule has 0 fully saturated rings. The monoisotopic (exact) mass is 162 g/mol. The summed E-state index contributed by atoms with van der Waals surface area (Å²) in [6.07, 6.45) is 0. The van der Waals surface area contributed by atoms with Gasteiger partial charge in [-0.2, -0.15) is 0 Å². The average molecular weight is 161 g/mol. The molecule has 0 unspecified atom stereocenters. The van der Waals surface area contributed by atoms with Gasteiger partial charge in [-0.3, -0.25) is 0 Å². The van der Waals surface area contributed by atoms with Crippen LogP contribution in [-0.4, -0.2) is 25.7 Å². The van der Waals surface area contributed by atoms with E-state index in [1.807, 2.05) is 0 Å². The minimum absolute atomic E-state index is 0. The summed E-state index contributed by atoms with van der Waals surface area (Å²) in [5.74, 6) is 0. The van der Waals surface area contributed by atoms with Gasteiger partial charge < -0.3 is 0 Å². The molecule has 0 amide bonds. The Morgan fingerprint density at radius 3 is 0.833 bits per heavy atom. The van der Waals surface area contributed by atoms with Crippen LogP contribution >= 0.6 is 0 Å². The van der Waals surface area contributed by atoms with Gasteiger partial charge in [0.1, 0.15) is 0 Å². The van der Waals surface area contributed by atoms with Crippen LogP contribution in [0.25, 0.3) is 0 Å². The van der Waals surface area contributed by atoms with Crippen molar-refractivity contribution < 1.29 is 0 Å². The third-order valence-electron chi connectivity index (χ3n) is 0. The third kappa shape index (κ3) is 117. The van der Waals surface area contributed by atoms with Crippen molar-refractivity contribution in [2.24, 2.45) is 0 Å². The molecule has 36 valence electrons. The van der Waals surface area contributed by atoms with Gasteiger partial charge in [0.25, 0.3) is 0 Å². The van der Waals surface area contributed by atoms with E-state index in [-0.39, 0.29) is 17.6 Å². The summed E-state index contributed by atoms with van der Waals surface area (Å²) >= 11 is 0. The number of hydrogen-bond acceptors (Lipinski definition) is 0. The molecule has 0 aliphatic heterocycles. The summed E-state index contributed by atoms with van der Waals surface area (Å²) in [5, 5.41) is 0. The summed E-state index contributed by atoms with van der Waals surface area (Å²) in [6, 6.07) is 0. The summed E-state index contributed by atoms with van der Waals surface area (Å²) in [4.78, 5) is 0. The maximum absolute atomic E-state index is 2.33. The van der Waals surface area contributed by atoms with Crippen LogP contribution in [0.5, 0.6) is 0 Å². The van der Waals surface area contributed by atoms with Gasteiger partial charge in [-0.1, -0.05) is 26.2 Å². The van der Waals surface area contributed by atoms with Gasteiger partial charge in [-0.15, -0.1) is 0 Å². The molecule has 0 aliphatic rings. The first-order chi connectivity index (χ1) is 2.00. The second-order valence-corrected chi connectivity index (χ2v) is 9.00.